The molecule has 0 saturated heterocycles. The maximum Gasteiger partial charge on any atom is 0.242 e. The van der Waals surface area contributed by atoms with Crippen molar-refractivity contribution in [1.82, 2.24) is 5.32 Å². The molecule has 0 aliphatic heterocycles. The number of rotatable bonds is 4. The maximum atomic E-state index is 12.1. The molecule has 1 rings (SSSR count). The number of hydrogen-bond acceptors (Lipinski definition) is 3. The fraction of sp³-hybridized carbons (Fsp3) is 0.429. The molecule has 4 nitrogen and oxygen atoms in total. The molecule has 1 amide bonds. The van der Waals surface area contributed by atoms with Crippen LogP contribution in [0, 0.1) is 0 Å². The van der Waals surface area contributed by atoms with Gasteiger partial charge in [-0.2, -0.15) is 0 Å². The van der Waals surface area contributed by atoms with E-state index in [1.54, 1.807) is 6.92 Å². The molecule has 1 aromatic rings. The van der Waals surface area contributed by atoms with E-state index in [1.807, 2.05) is 39.0 Å². The largest absolute Gasteiger partial charge is 0.389 e. The van der Waals surface area contributed by atoms with Gasteiger partial charge < -0.3 is 16.4 Å². The van der Waals surface area contributed by atoms with Crippen LogP contribution >= 0.6 is 28.1 Å². The summed E-state index contributed by atoms with van der Waals surface area (Å²) < 4.78 is 0.887. The molecule has 0 aliphatic rings. The van der Waals surface area contributed by atoms with Crippen molar-refractivity contribution >= 4 is 44.7 Å². The van der Waals surface area contributed by atoms with Crippen LogP contribution in [0.15, 0.2) is 22.7 Å². The number of thiocarbonyl (C=S) groups is 1. The van der Waals surface area contributed by atoms with E-state index in [9.17, 15) is 4.79 Å². The number of amides is 1. The first-order valence-electron chi connectivity index (χ1n) is 6.28. The summed E-state index contributed by atoms with van der Waals surface area (Å²) in [7, 11) is 0. The van der Waals surface area contributed by atoms with Gasteiger partial charge >= 0.3 is 0 Å². The van der Waals surface area contributed by atoms with Gasteiger partial charge in [-0.05, 0) is 45.9 Å². The molecule has 1 aromatic carbocycles. The van der Waals surface area contributed by atoms with Crippen molar-refractivity contribution in [2.75, 3.05) is 5.32 Å². The average Bonchev–Trinajstić information content (AvgIpc) is 2.28. The molecule has 0 saturated carbocycles. The Labute approximate surface area is 133 Å². The summed E-state index contributed by atoms with van der Waals surface area (Å²) >= 11 is 8.41. The van der Waals surface area contributed by atoms with Crippen molar-refractivity contribution in [3.8, 4) is 0 Å². The van der Waals surface area contributed by atoms with E-state index in [4.69, 9.17) is 18.0 Å². The molecule has 0 radical (unpaired) electrons. The molecule has 0 fully saturated rings. The van der Waals surface area contributed by atoms with Gasteiger partial charge in [0.25, 0.3) is 0 Å². The number of halogens is 1. The van der Waals surface area contributed by atoms with Crippen molar-refractivity contribution in [1.29, 1.82) is 0 Å². The minimum Gasteiger partial charge on any atom is -0.389 e. The van der Waals surface area contributed by atoms with Crippen molar-refractivity contribution in [3.05, 3.63) is 28.2 Å². The summed E-state index contributed by atoms with van der Waals surface area (Å²) in [6, 6.07) is 5.17. The third kappa shape index (κ3) is 5.09. The SMILES string of the molecule is CC(Nc1ccc(Br)cc1C(N)=S)C(=O)NC(C)(C)C. The summed E-state index contributed by atoms with van der Waals surface area (Å²) in [5.74, 6) is -0.0747. The molecule has 20 heavy (non-hydrogen) atoms. The second kappa shape index (κ2) is 6.54. The van der Waals surface area contributed by atoms with Gasteiger partial charge in [0.2, 0.25) is 5.91 Å². The number of carbonyl (C=O) groups excluding carboxylic acids is 1. The highest BCUT2D eigenvalue weighted by molar-refractivity contribution is 9.10. The van der Waals surface area contributed by atoms with Crippen LogP contribution in [0.4, 0.5) is 5.69 Å². The molecule has 1 atom stereocenters. The molecule has 0 aliphatic carbocycles. The van der Waals surface area contributed by atoms with Gasteiger partial charge in [0.15, 0.2) is 0 Å². The summed E-state index contributed by atoms with van der Waals surface area (Å²) in [6.45, 7) is 7.62. The molecule has 110 valence electrons. The second-order valence-electron chi connectivity index (χ2n) is 5.66. The fourth-order valence-electron chi connectivity index (χ4n) is 1.62. The standard InChI is InChI=1S/C14H20BrN3OS/c1-8(13(19)18-14(2,3)4)17-11-6-5-9(15)7-10(11)12(16)20/h5-8,17H,1-4H3,(H2,16,20)(H,18,19). The number of nitrogens with one attached hydrogen (secondary N) is 2. The lowest BCUT2D eigenvalue weighted by Gasteiger charge is -2.24. The molecule has 0 aromatic heterocycles. The van der Waals surface area contributed by atoms with E-state index in [-0.39, 0.29) is 22.5 Å². The van der Waals surface area contributed by atoms with Gasteiger partial charge in [0, 0.05) is 21.3 Å². The third-order valence-electron chi connectivity index (χ3n) is 2.51. The van der Waals surface area contributed by atoms with Crippen molar-refractivity contribution in [2.45, 2.75) is 39.3 Å². The number of nitrogens with two attached hydrogens (primary N) is 1. The van der Waals surface area contributed by atoms with Crippen LogP contribution in [-0.4, -0.2) is 22.5 Å². The summed E-state index contributed by atoms with van der Waals surface area (Å²) in [6.07, 6.45) is 0. The average molecular weight is 358 g/mol. The van der Waals surface area contributed by atoms with E-state index in [1.165, 1.54) is 0 Å². The van der Waals surface area contributed by atoms with Gasteiger partial charge in [0.05, 0.1) is 0 Å². The van der Waals surface area contributed by atoms with Crippen LogP contribution in [0.5, 0.6) is 0 Å². The van der Waals surface area contributed by atoms with Crippen molar-refractivity contribution < 1.29 is 4.79 Å². The molecule has 6 heteroatoms. The normalized spacial score (nSPS) is 12.7. The summed E-state index contributed by atoms with van der Waals surface area (Å²) in [5.41, 5.74) is 6.90. The highest BCUT2D eigenvalue weighted by Crippen LogP contribution is 2.22. The Morgan fingerprint density at radius 3 is 2.50 bits per heavy atom. The third-order valence-corrected chi connectivity index (χ3v) is 3.22. The first-order chi connectivity index (χ1) is 9.10. The zero-order valence-electron chi connectivity index (χ0n) is 12.1. The molecule has 0 bridgehead atoms. The van der Waals surface area contributed by atoms with E-state index in [0.29, 0.717) is 5.56 Å². The molecule has 0 spiro atoms. The van der Waals surface area contributed by atoms with E-state index in [2.05, 4.69) is 26.6 Å². The summed E-state index contributed by atoms with van der Waals surface area (Å²) in [5, 5.41) is 6.07. The fourth-order valence-corrected chi connectivity index (χ4v) is 2.15. The summed E-state index contributed by atoms with van der Waals surface area (Å²) in [4.78, 5) is 12.4. The minimum atomic E-state index is -0.386. The van der Waals surface area contributed by atoms with Crippen LogP contribution in [0.25, 0.3) is 0 Å². The Morgan fingerprint density at radius 1 is 1.40 bits per heavy atom. The Morgan fingerprint density at radius 2 is 2.00 bits per heavy atom. The van der Waals surface area contributed by atoms with E-state index < -0.39 is 0 Å². The second-order valence-corrected chi connectivity index (χ2v) is 7.01. The number of hydrogen-bond donors (Lipinski definition) is 3. The molecule has 1 unspecified atom stereocenters. The van der Waals surface area contributed by atoms with Gasteiger partial charge in [0.1, 0.15) is 11.0 Å². The predicted molar refractivity (Wildman–Crippen MR) is 91.0 cm³/mol. The topological polar surface area (TPSA) is 67.1 Å². The number of benzene rings is 1. The molecular formula is C14H20BrN3OS. The molecular weight excluding hydrogens is 338 g/mol. The lowest BCUT2D eigenvalue weighted by atomic mass is 10.1. The smallest absolute Gasteiger partial charge is 0.242 e. The predicted octanol–water partition coefficient (Wildman–Crippen LogP) is 2.80. The van der Waals surface area contributed by atoms with E-state index >= 15 is 0 Å². The zero-order chi connectivity index (χ0) is 15.5. The van der Waals surface area contributed by atoms with Crippen LogP contribution < -0.4 is 16.4 Å². The quantitative estimate of drug-likeness (QED) is 0.724. The van der Waals surface area contributed by atoms with Crippen LogP contribution in [0.1, 0.15) is 33.3 Å². The number of anilines is 1. The van der Waals surface area contributed by atoms with Crippen LogP contribution in [0.3, 0.4) is 0 Å². The van der Waals surface area contributed by atoms with Crippen LogP contribution in [0.2, 0.25) is 0 Å². The van der Waals surface area contributed by atoms with E-state index in [0.717, 1.165) is 10.2 Å². The first kappa shape index (κ1) is 16.9. The molecule has 0 heterocycles. The lowest BCUT2D eigenvalue weighted by molar-refractivity contribution is -0.122. The van der Waals surface area contributed by atoms with Crippen molar-refractivity contribution in [2.24, 2.45) is 5.73 Å². The molecule has 4 N–H and O–H groups in total. The van der Waals surface area contributed by atoms with Crippen molar-refractivity contribution in [3.63, 3.8) is 0 Å². The van der Waals surface area contributed by atoms with Gasteiger partial charge in [-0.25, -0.2) is 0 Å². The van der Waals surface area contributed by atoms with Gasteiger partial charge in [-0.15, -0.1) is 0 Å². The first-order valence-corrected chi connectivity index (χ1v) is 7.48. The number of carbonyl (C=O) groups is 1. The maximum absolute atomic E-state index is 12.1. The van der Waals surface area contributed by atoms with Crippen LogP contribution in [-0.2, 0) is 4.79 Å². The zero-order valence-corrected chi connectivity index (χ0v) is 14.5. The Bertz CT molecular complexity index is 526. The Kier molecular flexibility index (Phi) is 5.53. The van der Waals surface area contributed by atoms with Gasteiger partial charge in [-0.1, -0.05) is 28.1 Å². The lowest BCUT2D eigenvalue weighted by Crippen LogP contribution is -2.47. The highest BCUT2D eigenvalue weighted by Gasteiger charge is 2.20. The monoisotopic (exact) mass is 357 g/mol. The Hall–Kier alpha value is -1.14. The highest BCUT2D eigenvalue weighted by atomic mass is 79.9. The van der Waals surface area contributed by atoms with Gasteiger partial charge in [-0.3, -0.25) is 4.79 Å². The Balaban J connectivity index is 2.88. The minimum absolute atomic E-state index is 0.0747.